The zero-order valence-electron chi connectivity index (χ0n) is 10.3. The Hall–Kier alpha value is -0.980. The molecule has 0 aliphatic carbocycles. The van der Waals surface area contributed by atoms with Gasteiger partial charge in [-0.3, -0.25) is 4.98 Å². The van der Waals surface area contributed by atoms with E-state index in [0.29, 0.717) is 13.1 Å². The van der Waals surface area contributed by atoms with Gasteiger partial charge < -0.3 is 5.32 Å². The van der Waals surface area contributed by atoms with Crippen molar-refractivity contribution < 1.29 is 8.42 Å². The summed E-state index contributed by atoms with van der Waals surface area (Å²) in [7, 11) is -1.58. The fourth-order valence-corrected chi connectivity index (χ4v) is 2.44. The molecule has 0 fully saturated rings. The maximum Gasteiger partial charge on any atom is 0.215 e. The average Bonchev–Trinajstić information content (AvgIpc) is 2.30. The molecule has 0 radical (unpaired) electrons. The molecule has 0 aliphatic rings. The summed E-state index contributed by atoms with van der Waals surface area (Å²) < 4.78 is 25.1. The van der Waals surface area contributed by atoms with Gasteiger partial charge in [-0.1, -0.05) is 6.92 Å². The minimum atomic E-state index is -3.18. The van der Waals surface area contributed by atoms with E-state index in [9.17, 15) is 8.42 Å². The summed E-state index contributed by atoms with van der Waals surface area (Å²) in [5.41, 5.74) is 0.939. The lowest BCUT2D eigenvalue weighted by atomic mass is 10.3. The van der Waals surface area contributed by atoms with Gasteiger partial charge in [0.05, 0.1) is 5.75 Å². The smallest absolute Gasteiger partial charge is 0.215 e. The Morgan fingerprint density at radius 3 is 2.59 bits per heavy atom. The van der Waals surface area contributed by atoms with Gasteiger partial charge in [-0.2, -0.15) is 0 Å². The molecule has 1 aromatic rings. The van der Waals surface area contributed by atoms with E-state index >= 15 is 0 Å². The standard InChI is InChI=1S/C11H19N3O2S/c1-3-12-8-9-17(15,16)14(2)10-11-4-6-13-7-5-11/h4-7,12H,3,8-10H2,1-2H3. The third-order valence-electron chi connectivity index (χ3n) is 2.42. The van der Waals surface area contributed by atoms with Crippen LogP contribution in [0.2, 0.25) is 0 Å². The van der Waals surface area contributed by atoms with Crippen LogP contribution in [0.4, 0.5) is 0 Å². The fourth-order valence-electron chi connectivity index (χ4n) is 1.38. The van der Waals surface area contributed by atoms with E-state index in [1.165, 1.54) is 4.31 Å². The molecular weight excluding hydrogens is 238 g/mol. The highest BCUT2D eigenvalue weighted by Gasteiger charge is 2.17. The molecule has 0 amide bonds. The largest absolute Gasteiger partial charge is 0.316 e. The number of nitrogens with one attached hydrogen (secondary N) is 1. The Balaban J connectivity index is 2.54. The van der Waals surface area contributed by atoms with Gasteiger partial charge in [-0.15, -0.1) is 0 Å². The van der Waals surface area contributed by atoms with Crippen LogP contribution in [0.25, 0.3) is 0 Å². The first-order valence-corrected chi connectivity index (χ1v) is 7.21. The van der Waals surface area contributed by atoms with Crippen LogP contribution in [0.3, 0.4) is 0 Å². The molecule has 0 atom stereocenters. The van der Waals surface area contributed by atoms with E-state index in [1.807, 2.05) is 19.1 Å². The molecule has 1 heterocycles. The van der Waals surface area contributed by atoms with Crippen LogP contribution in [0.1, 0.15) is 12.5 Å². The van der Waals surface area contributed by atoms with E-state index in [0.717, 1.165) is 12.1 Å². The maximum absolute atomic E-state index is 11.9. The summed E-state index contributed by atoms with van der Waals surface area (Å²) in [5.74, 6) is 0.127. The van der Waals surface area contributed by atoms with Crippen molar-refractivity contribution >= 4 is 10.0 Å². The molecule has 17 heavy (non-hydrogen) atoms. The fraction of sp³-hybridized carbons (Fsp3) is 0.545. The van der Waals surface area contributed by atoms with Gasteiger partial charge in [-0.25, -0.2) is 12.7 Å². The first-order valence-electron chi connectivity index (χ1n) is 5.60. The first kappa shape index (κ1) is 14.1. The molecule has 96 valence electrons. The van der Waals surface area contributed by atoms with Gasteiger partial charge >= 0.3 is 0 Å². The Bertz CT molecular complexity index is 420. The first-order chi connectivity index (χ1) is 8.06. The SMILES string of the molecule is CCNCCS(=O)(=O)N(C)Cc1ccncc1. The van der Waals surface area contributed by atoms with Gasteiger partial charge in [0.1, 0.15) is 0 Å². The second kappa shape index (κ2) is 6.68. The summed E-state index contributed by atoms with van der Waals surface area (Å²) in [6, 6.07) is 3.63. The average molecular weight is 257 g/mol. The Kier molecular flexibility index (Phi) is 5.54. The minimum Gasteiger partial charge on any atom is -0.316 e. The Morgan fingerprint density at radius 2 is 2.00 bits per heavy atom. The van der Waals surface area contributed by atoms with Crippen LogP contribution in [0.15, 0.2) is 24.5 Å². The zero-order valence-corrected chi connectivity index (χ0v) is 11.1. The summed E-state index contributed by atoms with van der Waals surface area (Å²) in [6.45, 7) is 3.60. The second-order valence-corrected chi connectivity index (χ2v) is 5.98. The van der Waals surface area contributed by atoms with Gasteiger partial charge in [-0.05, 0) is 24.2 Å². The molecule has 6 heteroatoms. The third-order valence-corrected chi connectivity index (χ3v) is 4.22. The van der Waals surface area contributed by atoms with Crippen LogP contribution < -0.4 is 5.32 Å². The number of hydrogen-bond acceptors (Lipinski definition) is 4. The lowest BCUT2D eigenvalue weighted by Gasteiger charge is -2.17. The molecule has 5 nitrogen and oxygen atoms in total. The van der Waals surface area contributed by atoms with Crippen molar-refractivity contribution in [2.45, 2.75) is 13.5 Å². The molecule has 0 aliphatic heterocycles. The number of aromatic nitrogens is 1. The van der Waals surface area contributed by atoms with Crippen molar-refractivity contribution in [1.82, 2.24) is 14.6 Å². The molecular formula is C11H19N3O2S. The number of sulfonamides is 1. The van der Waals surface area contributed by atoms with E-state index in [1.54, 1.807) is 19.4 Å². The quantitative estimate of drug-likeness (QED) is 0.721. The molecule has 1 aromatic heterocycles. The monoisotopic (exact) mass is 257 g/mol. The maximum atomic E-state index is 11.9. The molecule has 0 aromatic carbocycles. The molecule has 0 saturated carbocycles. The van der Waals surface area contributed by atoms with Crippen LogP contribution >= 0.6 is 0 Å². The van der Waals surface area contributed by atoms with E-state index in [-0.39, 0.29) is 5.75 Å². The van der Waals surface area contributed by atoms with Crippen molar-refractivity contribution in [3.05, 3.63) is 30.1 Å². The van der Waals surface area contributed by atoms with Gasteiger partial charge in [0, 0.05) is 32.5 Å². The normalized spacial score (nSPS) is 11.9. The Morgan fingerprint density at radius 1 is 1.35 bits per heavy atom. The topological polar surface area (TPSA) is 62.3 Å². The molecule has 1 N–H and O–H groups in total. The van der Waals surface area contributed by atoms with Crippen molar-refractivity contribution in [2.24, 2.45) is 0 Å². The van der Waals surface area contributed by atoms with Gasteiger partial charge in [0.15, 0.2) is 0 Å². The molecule has 0 saturated heterocycles. The number of nitrogens with zero attached hydrogens (tertiary/aromatic N) is 2. The van der Waals surface area contributed by atoms with E-state index in [4.69, 9.17) is 0 Å². The van der Waals surface area contributed by atoms with Crippen LogP contribution in [-0.2, 0) is 16.6 Å². The molecule has 0 unspecified atom stereocenters. The highest BCUT2D eigenvalue weighted by atomic mass is 32.2. The number of hydrogen-bond donors (Lipinski definition) is 1. The Labute approximate surface area is 103 Å². The van der Waals surface area contributed by atoms with Crippen molar-refractivity contribution in [3.63, 3.8) is 0 Å². The highest BCUT2D eigenvalue weighted by Crippen LogP contribution is 2.06. The predicted octanol–water partition coefficient (Wildman–Crippen LogP) is 0.453. The lowest BCUT2D eigenvalue weighted by Crippen LogP contribution is -2.33. The zero-order chi connectivity index (χ0) is 12.7. The summed E-state index contributed by atoms with van der Waals surface area (Å²) in [5, 5.41) is 3.01. The van der Waals surface area contributed by atoms with E-state index < -0.39 is 10.0 Å². The van der Waals surface area contributed by atoms with Crippen LogP contribution in [0.5, 0.6) is 0 Å². The van der Waals surface area contributed by atoms with E-state index in [2.05, 4.69) is 10.3 Å². The predicted molar refractivity (Wildman–Crippen MR) is 68.0 cm³/mol. The summed E-state index contributed by atoms with van der Waals surface area (Å²) in [6.07, 6.45) is 3.32. The van der Waals surface area contributed by atoms with Gasteiger partial charge in [0.2, 0.25) is 10.0 Å². The highest BCUT2D eigenvalue weighted by molar-refractivity contribution is 7.89. The number of rotatable bonds is 7. The van der Waals surface area contributed by atoms with Crippen molar-refractivity contribution in [2.75, 3.05) is 25.9 Å². The molecule has 0 spiro atoms. The summed E-state index contributed by atoms with van der Waals surface area (Å²) in [4.78, 5) is 3.90. The van der Waals surface area contributed by atoms with Crippen molar-refractivity contribution in [1.29, 1.82) is 0 Å². The van der Waals surface area contributed by atoms with Crippen LogP contribution in [-0.4, -0.2) is 43.6 Å². The van der Waals surface area contributed by atoms with Crippen LogP contribution in [0, 0.1) is 0 Å². The minimum absolute atomic E-state index is 0.127. The third kappa shape index (κ3) is 4.80. The summed E-state index contributed by atoms with van der Waals surface area (Å²) >= 11 is 0. The number of pyridine rings is 1. The molecule has 0 bridgehead atoms. The van der Waals surface area contributed by atoms with Gasteiger partial charge in [0.25, 0.3) is 0 Å². The second-order valence-electron chi connectivity index (χ2n) is 3.78. The molecule has 1 rings (SSSR count). The lowest BCUT2D eigenvalue weighted by molar-refractivity contribution is 0.465. The van der Waals surface area contributed by atoms with Crippen molar-refractivity contribution in [3.8, 4) is 0 Å².